The van der Waals surface area contributed by atoms with Gasteiger partial charge in [0.15, 0.2) is 0 Å². The van der Waals surface area contributed by atoms with Gasteiger partial charge < -0.3 is 5.11 Å². The fraction of sp³-hybridized carbons (Fsp3) is 0.600. The molecule has 0 spiro atoms. The van der Waals surface area contributed by atoms with Crippen molar-refractivity contribution in [3.63, 3.8) is 0 Å². The average Bonchev–Trinajstić information content (AvgIpc) is 2.44. The van der Waals surface area contributed by atoms with Gasteiger partial charge in [-0.1, -0.05) is 24.3 Å². The minimum Gasteiger partial charge on any atom is -0.395 e. The number of aryl methyl sites for hydroxylation is 1. The predicted octanol–water partition coefficient (Wildman–Crippen LogP) is 0.907. The van der Waals surface area contributed by atoms with Crippen molar-refractivity contribution in [3.05, 3.63) is 35.4 Å². The van der Waals surface area contributed by atoms with E-state index in [0.29, 0.717) is 19.6 Å². The van der Waals surface area contributed by atoms with Crippen molar-refractivity contribution in [2.45, 2.75) is 25.3 Å². The van der Waals surface area contributed by atoms with Gasteiger partial charge in [0.1, 0.15) is 0 Å². The smallest absolute Gasteiger partial charge is 0.208 e. The maximum absolute atomic E-state index is 11.2. The number of hydrogen-bond donors (Lipinski definition) is 2. The molecule has 0 fully saturated rings. The normalized spacial score (nSPS) is 18.7. The Balaban J connectivity index is 2.08. The fourth-order valence-corrected chi connectivity index (χ4v) is 3.50. The lowest BCUT2D eigenvalue weighted by molar-refractivity contribution is 0.141. The van der Waals surface area contributed by atoms with Crippen LogP contribution < -0.4 is 4.72 Å². The fourth-order valence-electron chi connectivity index (χ4n) is 3.03. The highest BCUT2D eigenvalue weighted by Gasteiger charge is 2.25. The molecule has 6 heteroatoms. The number of nitrogens with one attached hydrogen (secondary N) is 1. The summed E-state index contributed by atoms with van der Waals surface area (Å²) in [6.07, 6.45) is 4.44. The van der Waals surface area contributed by atoms with Crippen molar-refractivity contribution in [2.75, 3.05) is 32.5 Å². The SMILES string of the molecule is CS(=O)(=O)NCCN(CCO)C1CCCc2ccccc21. The predicted molar refractivity (Wildman–Crippen MR) is 83.6 cm³/mol. The number of sulfonamides is 1. The van der Waals surface area contributed by atoms with E-state index < -0.39 is 10.0 Å². The molecule has 1 aliphatic carbocycles. The molecule has 0 amide bonds. The van der Waals surface area contributed by atoms with E-state index >= 15 is 0 Å². The Bertz CT molecular complexity index is 560. The highest BCUT2D eigenvalue weighted by atomic mass is 32.2. The summed E-state index contributed by atoms with van der Waals surface area (Å²) in [6, 6.07) is 8.68. The molecule has 0 aromatic heterocycles. The molecule has 0 heterocycles. The van der Waals surface area contributed by atoms with Gasteiger partial charge in [0.05, 0.1) is 12.9 Å². The zero-order chi connectivity index (χ0) is 15.3. The Morgan fingerprint density at radius 2 is 2.10 bits per heavy atom. The number of nitrogens with zero attached hydrogens (tertiary/aromatic N) is 1. The molecular weight excluding hydrogens is 288 g/mol. The molecule has 0 radical (unpaired) electrons. The minimum atomic E-state index is -3.17. The van der Waals surface area contributed by atoms with E-state index in [-0.39, 0.29) is 12.6 Å². The number of rotatable bonds is 7. The first-order valence-corrected chi connectivity index (χ1v) is 9.28. The molecule has 0 saturated heterocycles. The monoisotopic (exact) mass is 312 g/mol. The van der Waals surface area contributed by atoms with Gasteiger partial charge in [0, 0.05) is 25.7 Å². The van der Waals surface area contributed by atoms with Crippen LogP contribution in [-0.2, 0) is 16.4 Å². The van der Waals surface area contributed by atoms with Crippen LogP contribution in [0.15, 0.2) is 24.3 Å². The Labute approximate surface area is 127 Å². The summed E-state index contributed by atoms with van der Waals surface area (Å²) in [5.41, 5.74) is 2.68. The topological polar surface area (TPSA) is 69.6 Å². The molecule has 1 aromatic rings. The van der Waals surface area contributed by atoms with E-state index in [9.17, 15) is 13.5 Å². The lowest BCUT2D eigenvalue weighted by Crippen LogP contribution is -2.39. The summed E-state index contributed by atoms with van der Waals surface area (Å²) in [6.45, 7) is 1.62. The third-order valence-electron chi connectivity index (χ3n) is 3.93. The molecule has 1 aliphatic rings. The summed E-state index contributed by atoms with van der Waals surface area (Å²) in [4.78, 5) is 2.18. The molecular formula is C15H24N2O3S. The quantitative estimate of drug-likeness (QED) is 0.785. The first-order chi connectivity index (χ1) is 10.0. The van der Waals surface area contributed by atoms with Gasteiger partial charge in [-0.15, -0.1) is 0 Å². The lowest BCUT2D eigenvalue weighted by atomic mass is 9.87. The van der Waals surface area contributed by atoms with Crippen molar-refractivity contribution < 1.29 is 13.5 Å². The van der Waals surface area contributed by atoms with Crippen LogP contribution in [0.5, 0.6) is 0 Å². The molecule has 2 rings (SSSR count). The number of benzene rings is 1. The Hall–Kier alpha value is -0.950. The Kier molecular flexibility index (Phi) is 5.75. The van der Waals surface area contributed by atoms with Gasteiger partial charge in [-0.05, 0) is 30.4 Å². The van der Waals surface area contributed by atoms with E-state index in [1.165, 1.54) is 17.4 Å². The summed E-state index contributed by atoms with van der Waals surface area (Å²) >= 11 is 0. The zero-order valence-corrected chi connectivity index (χ0v) is 13.3. The van der Waals surface area contributed by atoms with Crippen molar-refractivity contribution in [1.82, 2.24) is 9.62 Å². The van der Waals surface area contributed by atoms with E-state index in [0.717, 1.165) is 19.3 Å². The summed E-state index contributed by atoms with van der Waals surface area (Å²) in [5.74, 6) is 0. The molecule has 0 saturated carbocycles. The van der Waals surface area contributed by atoms with Crippen molar-refractivity contribution >= 4 is 10.0 Å². The second-order valence-electron chi connectivity index (χ2n) is 5.53. The molecule has 0 bridgehead atoms. The molecule has 1 atom stereocenters. The Morgan fingerprint density at radius 1 is 1.33 bits per heavy atom. The van der Waals surface area contributed by atoms with Gasteiger partial charge in [-0.2, -0.15) is 0 Å². The van der Waals surface area contributed by atoms with Crippen LogP contribution in [0.25, 0.3) is 0 Å². The average molecular weight is 312 g/mol. The number of fused-ring (bicyclic) bond motifs is 1. The van der Waals surface area contributed by atoms with Gasteiger partial charge in [0.25, 0.3) is 0 Å². The van der Waals surface area contributed by atoms with Crippen molar-refractivity contribution in [2.24, 2.45) is 0 Å². The van der Waals surface area contributed by atoms with E-state index in [1.807, 2.05) is 6.07 Å². The lowest BCUT2D eigenvalue weighted by Gasteiger charge is -2.35. The van der Waals surface area contributed by atoms with Crippen LogP contribution in [0, 0.1) is 0 Å². The molecule has 1 unspecified atom stereocenters. The van der Waals surface area contributed by atoms with Crippen LogP contribution in [-0.4, -0.2) is 50.9 Å². The van der Waals surface area contributed by atoms with Crippen LogP contribution in [0.3, 0.4) is 0 Å². The molecule has 1 aromatic carbocycles. The van der Waals surface area contributed by atoms with Crippen LogP contribution >= 0.6 is 0 Å². The molecule has 0 aliphatic heterocycles. The van der Waals surface area contributed by atoms with Crippen LogP contribution in [0.2, 0.25) is 0 Å². The summed E-state index contributed by atoms with van der Waals surface area (Å²) in [5, 5.41) is 9.29. The third kappa shape index (κ3) is 4.78. The highest BCUT2D eigenvalue weighted by molar-refractivity contribution is 7.88. The first-order valence-electron chi connectivity index (χ1n) is 7.38. The van der Waals surface area contributed by atoms with Crippen LogP contribution in [0.4, 0.5) is 0 Å². The van der Waals surface area contributed by atoms with Crippen LogP contribution in [0.1, 0.15) is 30.0 Å². The number of aliphatic hydroxyl groups excluding tert-OH is 1. The first kappa shape index (κ1) is 16.4. The van der Waals surface area contributed by atoms with Gasteiger partial charge in [-0.3, -0.25) is 4.90 Å². The maximum atomic E-state index is 11.2. The summed E-state index contributed by atoms with van der Waals surface area (Å²) in [7, 11) is -3.17. The zero-order valence-electron chi connectivity index (χ0n) is 12.5. The van der Waals surface area contributed by atoms with Gasteiger partial charge >= 0.3 is 0 Å². The summed E-state index contributed by atoms with van der Waals surface area (Å²) < 4.78 is 24.9. The van der Waals surface area contributed by atoms with E-state index in [1.54, 1.807) is 0 Å². The van der Waals surface area contributed by atoms with Crippen molar-refractivity contribution in [3.8, 4) is 0 Å². The number of hydrogen-bond acceptors (Lipinski definition) is 4. The molecule has 5 nitrogen and oxygen atoms in total. The largest absolute Gasteiger partial charge is 0.395 e. The third-order valence-corrected chi connectivity index (χ3v) is 4.66. The van der Waals surface area contributed by atoms with Gasteiger partial charge in [0.2, 0.25) is 10.0 Å². The second-order valence-corrected chi connectivity index (χ2v) is 7.37. The van der Waals surface area contributed by atoms with Gasteiger partial charge in [-0.25, -0.2) is 13.1 Å². The van der Waals surface area contributed by atoms with E-state index in [2.05, 4.69) is 27.8 Å². The molecule has 2 N–H and O–H groups in total. The molecule has 21 heavy (non-hydrogen) atoms. The maximum Gasteiger partial charge on any atom is 0.208 e. The second kappa shape index (κ2) is 7.35. The Morgan fingerprint density at radius 3 is 2.81 bits per heavy atom. The minimum absolute atomic E-state index is 0.0809. The number of aliphatic hydroxyl groups is 1. The highest BCUT2D eigenvalue weighted by Crippen LogP contribution is 2.33. The van der Waals surface area contributed by atoms with E-state index in [4.69, 9.17) is 0 Å². The standard InChI is InChI=1S/C15H24N2O3S/c1-21(19,20)16-9-10-17(11-12-18)15-8-4-6-13-5-2-3-7-14(13)15/h2-3,5,7,15-16,18H,4,6,8-12H2,1H3. The van der Waals surface area contributed by atoms with Crippen molar-refractivity contribution in [1.29, 1.82) is 0 Å². The molecule has 118 valence electrons.